The van der Waals surface area contributed by atoms with Gasteiger partial charge in [0.1, 0.15) is 0 Å². The zero-order chi connectivity index (χ0) is 10.6. The first-order valence-corrected chi connectivity index (χ1v) is 4.47. The van der Waals surface area contributed by atoms with Crippen LogP contribution in [0.3, 0.4) is 0 Å². The first kappa shape index (κ1) is 10.4. The zero-order valence-corrected chi connectivity index (χ0v) is 8.66. The third-order valence-electron chi connectivity index (χ3n) is 1.82. The maximum absolute atomic E-state index is 10.6. The predicted molar refractivity (Wildman–Crippen MR) is 57.2 cm³/mol. The molecular formula is C11H14N2O. The van der Waals surface area contributed by atoms with Gasteiger partial charge in [0.25, 0.3) is 0 Å². The highest BCUT2D eigenvalue weighted by Gasteiger charge is 1.97. The van der Waals surface area contributed by atoms with Gasteiger partial charge < -0.3 is 0 Å². The quantitative estimate of drug-likeness (QED) is 0.561. The van der Waals surface area contributed by atoms with Crippen LogP contribution in [0.15, 0.2) is 29.4 Å². The normalized spacial score (nSPS) is 11.2. The number of benzene rings is 1. The van der Waals surface area contributed by atoms with E-state index in [4.69, 9.17) is 0 Å². The van der Waals surface area contributed by atoms with Crippen molar-refractivity contribution in [2.75, 3.05) is 0 Å². The molecule has 3 nitrogen and oxygen atoms in total. The first-order valence-electron chi connectivity index (χ1n) is 4.47. The summed E-state index contributed by atoms with van der Waals surface area (Å²) in [5.74, 6) is -0.156. The van der Waals surface area contributed by atoms with Gasteiger partial charge >= 0.3 is 0 Å². The zero-order valence-electron chi connectivity index (χ0n) is 8.66. The molecule has 0 atom stereocenters. The highest BCUT2D eigenvalue weighted by molar-refractivity contribution is 5.99. The Balaban J connectivity index is 2.83. The molecule has 0 heterocycles. The summed E-state index contributed by atoms with van der Waals surface area (Å²) < 4.78 is 0. The highest BCUT2D eigenvalue weighted by atomic mass is 16.2. The molecule has 0 aliphatic heterocycles. The van der Waals surface area contributed by atoms with Gasteiger partial charge in [0.2, 0.25) is 5.91 Å². The van der Waals surface area contributed by atoms with Crippen molar-refractivity contribution in [2.24, 2.45) is 5.10 Å². The van der Waals surface area contributed by atoms with Gasteiger partial charge in [0.05, 0.1) is 5.71 Å². The molecule has 1 rings (SSSR count). The maximum Gasteiger partial charge on any atom is 0.236 e. The molecule has 0 radical (unpaired) electrons. The summed E-state index contributed by atoms with van der Waals surface area (Å²) in [6.45, 7) is 5.33. The van der Waals surface area contributed by atoms with Gasteiger partial charge in [-0.3, -0.25) is 4.79 Å². The highest BCUT2D eigenvalue weighted by Crippen LogP contribution is 2.04. The number of nitrogens with one attached hydrogen (secondary N) is 1. The van der Waals surface area contributed by atoms with E-state index in [1.807, 2.05) is 38.1 Å². The molecule has 14 heavy (non-hydrogen) atoms. The summed E-state index contributed by atoms with van der Waals surface area (Å²) in [6, 6.07) is 7.99. The lowest BCUT2D eigenvalue weighted by Crippen LogP contribution is -2.15. The smallest absolute Gasteiger partial charge is 0.236 e. The summed E-state index contributed by atoms with van der Waals surface area (Å²) >= 11 is 0. The molecule has 1 N–H and O–H groups in total. The Morgan fingerprint density at radius 2 is 2.07 bits per heavy atom. The van der Waals surface area contributed by atoms with Gasteiger partial charge in [0, 0.05) is 6.92 Å². The number of amides is 1. The standard InChI is InChI=1S/C11H14N2O/c1-8-5-4-6-11(7-8)9(2)12-13-10(3)14/h4-7H,1-3H3,(H,13,14). The van der Waals surface area contributed by atoms with Crippen molar-refractivity contribution in [1.82, 2.24) is 5.43 Å². The van der Waals surface area contributed by atoms with Crippen LogP contribution in [0.4, 0.5) is 0 Å². The van der Waals surface area contributed by atoms with Crippen LogP contribution in [-0.2, 0) is 4.79 Å². The molecule has 0 saturated carbocycles. The van der Waals surface area contributed by atoms with Crippen LogP contribution in [0.1, 0.15) is 25.0 Å². The molecule has 1 aromatic carbocycles. The van der Waals surface area contributed by atoms with Gasteiger partial charge in [-0.15, -0.1) is 0 Å². The average molecular weight is 190 g/mol. The van der Waals surface area contributed by atoms with Crippen LogP contribution >= 0.6 is 0 Å². The van der Waals surface area contributed by atoms with E-state index in [1.54, 1.807) is 0 Å². The van der Waals surface area contributed by atoms with Crippen LogP contribution < -0.4 is 5.43 Å². The molecule has 0 unspecified atom stereocenters. The minimum atomic E-state index is -0.156. The fourth-order valence-electron chi connectivity index (χ4n) is 1.10. The van der Waals surface area contributed by atoms with Gasteiger partial charge in [-0.1, -0.05) is 29.8 Å². The average Bonchev–Trinajstić information content (AvgIpc) is 2.14. The number of hydrogen-bond donors (Lipinski definition) is 1. The summed E-state index contributed by atoms with van der Waals surface area (Å²) in [7, 11) is 0. The van der Waals surface area contributed by atoms with Crippen molar-refractivity contribution in [3.63, 3.8) is 0 Å². The fourth-order valence-corrected chi connectivity index (χ4v) is 1.10. The molecule has 0 aromatic heterocycles. The molecule has 0 aliphatic carbocycles. The van der Waals surface area contributed by atoms with Crippen molar-refractivity contribution >= 4 is 11.6 Å². The molecular weight excluding hydrogens is 176 g/mol. The number of nitrogens with zero attached hydrogens (tertiary/aromatic N) is 1. The van der Waals surface area contributed by atoms with E-state index in [0.29, 0.717) is 0 Å². The Morgan fingerprint density at radius 1 is 1.36 bits per heavy atom. The van der Waals surface area contributed by atoms with E-state index >= 15 is 0 Å². The number of hydrazone groups is 1. The second-order valence-electron chi connectivity index (χ2n) is 3.23. The lowest BCUT2D eigenvalue weighted by Gasteiger charge is -2.01. The molecule has 0 saturated heterocycles. The second-order valence-corrected chi connectivity index (χ2v) is 3.23. The number of aryl methyl sites for hydroxylation is 1. The lowest BCUT2D eigenvalue weighted by molar-refractivity contribution is -0.118. The Kier molecular flexibility index (Phi) is 3.40. The van der Waals surface area contributed by atoms with Crippen molar-refractivity contribution in [3.05, 3.63) is 35.4 Å². The van der Waals surface area contributed by atoms with Crippen LogP contribution in [-0.4, -0.2) is 11.6 Å². The van der Waals surface area contributed by atoms with E-state index in [9.17, 15) is 4.79 Å². The number of hydrogen-bond acceptors (Lipinski definition) is 2. The molecule has 0 fully saturated rings. The third-order valence-corrected chi connectivity index (χ3v) is 1.82. The third kappa shape index (κ3) is 3.01. The van der Waals surface area contributed by atoms with E-state index < -0.39 is 0 Å². The van der Waals surface area contributed by atoms with Crippen LogP contribution in [0.5, 0.6) is 0 Å². The summed E-state index contributed by atoms with van der Waals surface area (Å²) in [4.78, 5) is 10.6. The van der Waals surface area contributed by atoms with Crippen LogP contribution in [0.2, 0.25) is 0 Å². The Labute approximate surface area is 83.8 Å². The molecule has 74 valence electrons. The Bertz CT molecular complexity index is 369. The molecule has 0 spiro atoms. The van der Waals surface area contributed by atoms with Crippen molar-refractivity contribution in [2.45, 2.75) is 20.8 Å². The fraction of sp³-hybridized carbons (Fsp3) is 0.273. The largest absolute Gasteiger partial charge is 0.274 e. The lowest BCUT2D eigenvalue weighted by atomic mass is 10.1. The maximum atomic E-state index is 10.6. The second kappa shape index (κ2) is 4.56. The van der Waals surface area contributed by atoms with Crippen molar-refractivity contribution < 1.29 is 4.79 Å². The van der Waals surface area contributed by atoms with Gasteiger partial charge in [0.15, 0.2) is 0 Å². The molecule has 1 aromatic rings. The Hall–Kier alpha value is -1.64. The molecule has 3 heteroatoms. The van der Waals surface area contributed by atoms with Gasteiger partial charge in [-0.25, -0.2) is 5.43 Å². The van der Waals surface area contributed by atoms with Gasteiger partial charge in [-0.05, 0) is 19.4 Å². The number of carbonyl (C=O) groups is 1. The summed E-state index contributed by atoms with van der Waals surface area (Å²) in [5, 5.41) is 3.95. The topological polar surface area (TPSA) is 41.5 Å². The van der Waals surface area contributed by atoms with E-state index in [1.165, 1.54) is 12.5 Å². The number of rotatable bonds is 2. The summed E-state index contributed by atoms with van der Waals surface area (Å²) in [6.07, 6.45) is 0. The summed E-state index contributed by atoms with van der Waals surface area (Å²) in [5.41, 5.74) is 5.43. The monoisotopic (exact) mass is 190 g/mol. The van der Waals surface area contributed by atoms with E-state index in [-0.39, 0.29) is 5.91 Å². The first-order chi connectivity index (χ1) is 6.59. The molecule has 0 bridgehead atoms. The molecule has 0 aliphatic rings. The van der Waals surface area contributed by atoms with Gasteiger partial charge in [-0.2, -0.15) is 5.10 Å². The molecule has 1 amide bonds. The van der Waals surface area contributed by atoms with E-state index in [2.05, 4.69) is 10.5 Å². The minimum Gasteiger partial charge on any atom is -0.274 e. The Morgan fingerprint density at radius 3 is 2.64 bits per heavy atom. The predicted octanol–water partition coefficient (Wildman–Crippen LogP) is 1.86. The number of carbonyl (C=O) groups excluding carboxylic acids is 1. The SMILES string of the molecule is CC(=O)NN=C(C)c1cccc(C)c1. The van der Waals surface area contributed by atoms with Crippen LogP contribution in [0.25, 0.3) is 0 Å². The van der Waals surface area contributed by atoms with E-state index in [0.717, 1.165) is 11.3 Å². The van der Waals surface area contributed by atoms with Crippen molar-refractivity contribution in [3.8, 4) is 0 Å². The minimum absolute atomic E-state index is 0.156. The van der Waals surface area contributed by atoms with Crippen molar-refractivity contribution in [1.29, 1.82) is 0 Å². The van der Waals surface area contributed by atoms with Crippen LogP contribution in [0, 0.1) is 6.92 Å².